The maximum Gasteiger partial charge on any atom is 0.123 e. The standard InChI is InChI=1S/C17H27FN2/c1-5-17(6-2)12-19-16(3,4)13-20(17)11-14-7-9-15(18)10-8-14/h7-10,19H,5-6,11-13H2,1-4H3. The normalized spacial score (nSPS) is 21.9. The van der Waals surface area contributed by atoms with E-state index in [9.17, 15) is 4.39 Å². The summed E-state index contributed by atoms with van der Waals surface area (Å²) in [5.41, 5.74) is 1.54. The van der Waals surface area contributed by atoms with Gasteiger partial charge in [-0.3, -0.25) is 4.90 Å². The molecule has 0 spiro atoms. The van der Waals surface area contributed by atoms with Gasteiger partial charge in [-0.05, 0) is 44.4 Å². The maximum atomic E-state index is 13.0. The van der Waals surface area contributed by atoms with Crippen LogP contribution in [0.1, 0.15) is 46.1 Å². The molecule has 1 aliphatic heterocycles. The van der Waals surface area contributed by atoms with Crippen molar-refractivity contribution in [1.82, 2.24) is 10.2 Å². The van der Waals surface area contributed by atoms with Gasteiger partial charge >= 0.3 is 0 Å². The van der Waals surface area contributed by atoms with Crippen molar-refractivity contribution >= 4 is 0 Å². The maximum absolute atomic E-state index is 13.0. The van der Waals surface area contributed by atoms with E-state index in [1.54, 1.807) is 12.1 Å². The van der Waals surface area contributed by atoms with E-state index in [1.165, 1.54) is 5.56 Å². The quantitative estimate of drug-likeness (QED) is 0.906. The van der Waals surface area contributed by atoms with Crippen molar-refractivity contribution in [2.45, 2.75) is 58.2 Å². The third-order valence-electron chi connectivity index (χ3n) is 4.76. The summed E-state index contributed by atoms with van der Waals surface area (Å²) in [5, 5.41) is 3.67. The fraction of sp³-hybridized carbons (Fsp3) is 0.647. The molecule has 20 heavy (non-hydrogen) atoms. The van der Waals surface area contributed by atoms with E-state index in [0.717, 1.165) is 32.5 Å². The highest BCUT2D eigenvalue weighted by Crippen LogP contribution is 2.31. The third kappa shape index (κ3) is 3.21. The molecule has 1 aliphatic rings. The number of rotatable bonds is 4. The molecule has 1 heterocycles. The van der Waals surface area contributed by atoms with Gasteiger partial charge < -0.3 is 5.32 Å². The molecular weight excluding hydrogens is 251 g/mol. The van der Waals surface area contributed by atoms with Crippen LogP contribution in [0.4, 0.5) is 4.39 Å². The van der Waals surface area contributed by atoms with Gasteiger partial charge in [0.25, 0.3) is 0 Å². The Balaban J connectivity index is 2.21. The highest BCUT2D eigenvalue weighted by atomic mass is 19.1. The van der Waals surface area contributed by atoms with E-state index in [4.69, 9.17) is 0 Å². The van der Waals surface area contributed by atoms with Crippen LogP contribution in [0, 0.1) is 5.82 Å². The van der Waals surface area contributed by atoms with Gasteiger partial charge in [-0.15, -0.1) is 0 Å². The van der Waals surface area contributed by atoms with Gasteiger partial charge in [0.15, 0.2) is 0 Å². The number of benzene rings is 1. The van der Waals surface area contributed by atoms with E-state index < -0.39 is 0 Å². The molecule has 0 bridgehead atoms. The van der Waals surface area contributed by atoms with E-state index in [1.807, 2.05) is 12.1 Å². The van der Waals surface area contributed by atoms with Crippen molar-refractivity contribution in [3.8, 4) is 0 Å². The zero-order chi connectivity index (χ0) is 14.8. The molecule has 2 nitrogen and oxygen atoms in total. The van der Waals surface area contributed by atoms with E-state index in [0.29, 0.717) is 0 Å². The summed E-state index contributed by atoms with van der Waals surface area (Å²) in [6.07, 6.45) is 2.27. The topological polar surface area (TPSA) is 15.3 Å². The van der Waals surface area contributed by atoms with Gasteiger partial charge in [0.1, 0.15) is 5.82 Å². The minimum atomic E-state index is -0.161. The van der Waals surface area contributed by atoms with Gasteiger partial charge in [-0.1, -0.05) is 26.0 Å². The van der Waals surface area contributed by atoms with Crippen molar-refractivity contribution < 1.29 is 4.39 Å². The number of nitrogens with one attached hydrogen (secondary N) is 1. The first kappa shape index (κ1) is 15.5. The summed E-state index contributed by atoms with van der Waals surface area (Å²) in [4.78, 5) is 2.58. The smallest absolute Gasteiger partial charge is 0.123 e. The van der Waals surface area contributed by atoms with Crippen molar-refractivity contribution in [1.29, 1.82) is 0 Å². The van der Waals surface area contributed by atoms with E-state index in [-0.39, 0.29) is 16.9 Å². The van der Waals surface area contributed by atoms with E-state index in [2.05, 4.69) is 37.9 Å². The molecule has 0 unspecified atom stereocenters. The van der Waals surface area contributed by atoms with Crippen LogP contribution in [-0.4, -0.2) is 29.1 Å². The summed E-state index contributed by atoms with van der Waals surface area (Å²) in [6, 6.07) is 6.92. The van der Waals surface area contributed by atoms with Gasteiger partial charge in [-0.2, -0.15) is 0 Å². The van der Waals surface area contributed by atoms with Crippen LogP contribution in [0.2, 0.25) is 0 Å². The minimum absolute atomic E-state index is 0.133. The molecule has 0 radical (unpaired) electrons. The minimum Gasteiger partial charge on any atom is -0.309 e. The molecule has 1 saturated heterocycles. The second kappa shape index (κ2) is 5.82. The average Bonchev–Trinajstić information content (AvgIpc) is 2.42. The number of piperazine rings is 1. The van der Waals surface area contributed by atoms with Crippen LogP contribution in [0.15, 0.2) is 24.3 Å². The molecule has 0 atom stereocenters. The summed E-state index contributed by atoms with van der Waals surface area (Å²) in [6.45, 7) is 12.0. The predicted octanol–water partition coefficient (Wildman–Crippen LogP) is 3.57. The van der Waals surface area contributed by atoms with Crippen LogP contribution in [0.5, 0.6) is 0 Å². The Kier molecular flexibility index (Phi) is 4.50. The number of hydrogen-bond acceptors (Lipinski definition) is 2. The lowest BCUT2D eigenvalue weighted by Crippen LogP contribution is -2.67. The second-order valence-corrected chi connectivity index (χ2v) is 6.65. The summed E-state index contributed by atoms with van der Waals surface area (Å²) < 4.78 is 13.0. The number of nitrogens with zero attached hydrogens (tertiary/aromatic N) is 1. The highest BCUT2D eigenvalue weighted by molar-refractivity contribution is 5.17. The van der Waals surface area contributed by atoms with Gasteiger partial charge in [0, 0.05) is 30.7 Å². The van der Waals surface area contributed by atoms with Crippen LogP contribution in [0.25, 0.3) is 0 Å². The van der Waals surface area contributed by atoms with Crippen LogP contribution in [0.3, 0.4) is 0 Å². The monoisotopic (exact) mass is 278 g/mol. The number of hydrogen-bond donors (Lipinski definition) is 1. The van der Waals surface area contributed by atoms with Gasteiger partial charge in [-0.25, -0.2) is 4.39 Å². The molecule has 1 fully saturated rings. The molecule has 0 aliphatic carbocycles. The van der Waals surface area contributed by atoms with Crippen LogP contribution in [-0.2, 0) is 6.54 Å². The molecule has 3 heteroatoms. The van der Waals surface area contributed by atoms with Crippen molar-refractivity contribution in [3.63, 3.8) is 0 Å². The Hall–Kier alpha value is -0.930. The zero-order valence-corrected chi connectivity index (χ0v) is 13.2. The van der Waals surface area contributed by atoms with Crippen molar-refractivity contribution in [2.24, 2.45) is 0 Å². The first-order valence-corrected chi connectivity index (χ1v) is 7.65. The molecule has 0 saturated carbocycles. The lowest BCUT2D eigenvalue weighted by molar-refractivity contribution is 0.00232. The van der Waals surface area contributed by atoms with Crippen molar-refractivity contribution in [3.05, 3.63) is 35.6 Å². The van der Waals surface area contributed by atoms with Crippen LogP contribution >= 0.6 is 0 Å². The van der Waals surface area contributed by atoms with Crippen LogP contribution < -0.4 is 5.32 Å². The molecule has 0 aromatic heterocycles. The Morgan fingerprint density at radius 2 is 1.75 bits per heavy atom. The van der Waals surface area contributed by atoms with Crippen molar-refractivity contribution in [2.75, 3.05) is 13.1 Å². The zero-order valence-electron chi connectivity index (χ0n) is 13.2. The first-order chi connectivity index (χ1) is 9.41. The molecule has 1 aromatic rings. The highest BCUT2D eigenvalue weighted by Gasteiger charge is 2.41. The molecule has 1 N–H and O–H groups in total. The fourth-order valence-corrected chi connectivity index (χ4v) is 3.20. The van der Waals surface area contributed by atoms with E-state index >= 15 is 0 Å². The fourth-order valence-electron chi connectivity index (χ4n) is 3.20. The summed E-state index contributed by atoms with van der Waals surface area (Å²) >= 11 is 0. The predicted molar refractivity (Wildman–Crippen MR) is 82.2 cm³/mol. The molecule has 2 rings (SSSR count). The largest absolute Gasteiger partial charge is 0.309 e. The Bertz CT molecular complexity index is 435. The first-order valence-electron chi connectivity index (χ1n) is 7.65. The lowest BCUT2D eigenvalue weighted by Gasteiger charge is -2.52. The molecular formula is C17H27FN2. The molecule has 1 aromatic carbocycles. The Labute approximate surface area is 122 Å². The molecule has 0 amide bonds. The average molecular weight is 278 g/mol. The lowest BCUT2D eigenvalue weighted by atomic mass is 9.84. The number of halogens is 1. The van der Waals surface area contributed by atoms with Gasteiger partial charge in [0.05, 0.1) is 0 Å². The van der Waals surface area contributed by atoms with Gasteiger partial charge in [0.2, 0.25) is 0 Å². The summed E-state index contributed by atoms with van der Waals surface area (Å²) in [5.74, 6) is -0.161. The Morgan fingerprint density at radius 3 is 2.30 bits per heavy atom. The molecule has 112 valence electrons. The second-order valence-electron chi connectivity index (χ2n) is 6.65. The SMILES string of the molecule is CCC1(CC)CNC(C)(C)CN1Cc1ccc(F)cc1. The third-order valence-corrected chi connectivity index (χ3v) is 4.76. The summed E-state index contributed by atoms with van der Waals surface area (Å²) in [7, 11) is 0. The Morgan fingerprint density at radius 1 is 1.15 bits per heavy atom.